The molecule has 0 aromatic heterocycles. The quantitative estimate of drug-likeness (QED) is 0.180. The van der Waals surface area contributed by atoms with Crippen LogP contribution in [0.15, 0.2) is 36.4 Å². The molecule has 0 saturated heterocycles. The summed E-state index contributed by atoms with van der Waals surface area (Å²) in [6, 6.07) is 12.0. The Balaban J connectivity index is 0. The standard InChI is InChI=1S/C31H46N2O4.2C3H8.C2H6/c1-20(2)24-13-11-22(5)26(15-24)36-28(34)17-32-30(7,8)19-31(9,10)33-18-29(35)37-27-16-25(21(3)4)14-12-23(27)6;2*1-3-2;1-2/h11-16,20-21,32-33H,17-19H2,1-10H3;2*3H2,1-2H3;1-2H3. The summed E-state index contributed by atoms with van der Waals surface area (Å²) < 4.78 is 11.3. The highest BCUT2D eigenvalue weighted by Gasteiger charge is 2.29. The van der Waals surface area contributed by atoms with Crippen LogP contribution in [0.3, 0.4) is 0 Å². The summed E-state index contributed by atoms with van der Waals surface area (Å²) in [6.45, 7) is 33.1. The van der Waals surface area contributed by atoms with Gasteiger partial charge >= 0.3 is 11.9 Å². The molecule has 0 amide bonds. The highest BCUT2D eigenvalue weighted by atomic mass is 16.5. The fourth-order valence-electron chi connectivity index (χ4n) is 4.34. The molecule has 0 aliphatic heterocycles. The van der Waals surface area contributed by atoms with Crippen LogP contribution in [0.5, 0.6) is 11.5 Å². The average molecular weight is 629 g/mol. The first-order valence-electron chi connectivity index (χ1n) is 17.0. The average Bonchev–Trinajstić information content (AvgIpc) is 2.94. The number of benzene rings is 2. The van der Waals surface area contributed by atoms with Crippen LogP contribution < -0.4 is 20.1 Å². The number of hydrogen-bond donors (Lipinski definition) is 2. The van der Waals surface area contributed by atoms with E-state index in [1.165, 1.54) is 12.8 Å². The molecule has 0 radical (unpaired) electrons. The molecule has 2 N–H and O–H groups in total. The van der Waals surface area contributed by atoms with E-state index >= 15 is 0 Å². The SMILES string of the molecule is CC.CCC.CCC.Cc1ccc(C(C)C)cc1OC(=O)CNC(C)(C)CC(C)(C)NCC(=O)Oc1cc(C(C)C)ccc1C. The fourth-order valence-corrected chi connectivity index (χ4v) is 4.34. The predicted molar refractivity (Wildman–Crippen MR) is 194 cm³/mol. The van der Waals surface area contributed by atoms with E-state index in [0.29, 0.717) is 29.8 Å². The zero-order valence-corrected chi connectivity index (χ0v) is 31.8. The molecule has 0 fully saturated rings. The van der Waals surface area contributed by atoms with Crippen LogP contribution in [0.4, 0.5) is 0 Å². The Morgan fingerprint density at radius 3 is 1.20 bits per heavy atom. The molecular weight excluding hydrogens is 560 g/mol. The topological polar surface area (TPSA) is 76.7 Å². The zero-order valence-electron chi connectivity index (χ0n) is 31.8. The van der Waals surface area contributed by atoms with Crippen LogP contribution in [0, 0.1) is 13.8 Å². The number of carbonyl (C=O) groups excluding carboxylic acids is 2. The molecule has 0 saturated carbocycles. The van der Waals surface area contributed by atoms with Gasteiger partial charge in [-0.05, 0) is 94.2 Å². The molecule has 258 valence electrons. The zero-order chi connectivity index (χ0) is 35.4. The smallest absolute Gasteiger partial charge is 0.325 e. The second kappa shape index (κ2) is 22.7. The number of carbonyl (C=O) groups is 2. The van der Waals surface area contributed by atoms with E-state index in [1.807, 2.05) is 79.7 Å². The summed E-state index contributed by atoms with van der Waals surface area (Å²) in [5, 5.41) is 6.63. The highest BCUT2D eigenvalue weighted by molar-refractivity contribution is 5.75. The lowest BCUT2D eigenvalue weighted by Gasteiger charge is -2.36. The summed E-state index contributed by atoms with van der Waals surface area (Å²) in [7, 11) is 0. The second-order valence-corrected chi connectivity index (χ2v) is 13.4. The molecule has 45 heavy (non-hydrogen) atoms. The van der Waals surface area contributed by atoms with Crippen molar-refractivity contribution >= 4 is 11.9 Å². The summed E-state index contributed by atoms with van der Waals surface area (Å²) in [5.74, 6) is 1.26. The van der Waals surface area contributed by atoms with Gasteiger partial charge in [0.25, 0.3) is 0 Å². The minimum Gasteiger partial charge on any atom is -0.425 e. The maximum absolute atomic E-state index is 12.6. The normalized spacial score (nSPS) is 11.0. The van der Waals surface area contributed by atoms with Crippen molar-refractivity contribution in [3.63, 3.8) is 0 Å². The lowest BCUT2D eigenvalue weighted by atomic mass is 9.87. The maximum atomic E-state index is 12.6. The van der Waals surface area contributed by atoms with Gasteiger partial charge in [0, 0.05) is 11.1 Å². The third-order valence-electron chi connectivity index (χ3n) is 6.51. The van der Waals surface area contributed by atoms with Crippen LogP contribution in [0.1, 0.15) is 150 Å². The highest BCUT2D eigenvalue weighted by Crippen LogP contribution is 2.26. The van der Waals surface area contributed by atoms with Crippen molar-refractivity contribution < 1.29 is 19.1 Å². The van der Waals surface area contributed by atoms with Crippen molar-refractivity contribution in [2.24, 2.45) is 0 Å². The van der Waals surface area contributed by atoms with Crippen LogP contribution >= 0.6 is 0 Å². The first-order chi connectivity index (χ1) is 20.9. The molecule has 0 atom stereocenters. The van der Waals surface area contributed by atoms with Gasteiger partial charge in [0.1, 0.15) is 11.5 Å². The number of ether oxygens (including phenoxy) is 2. The number of hydrogen-bond acceptors (Lipinski definition) is 6. The van der Waals surface area contributed by atoms with Gasteiger partial charge in [-0.15, -0.1) is 0 Å². The van der Waals surface area contributed by atoms with Crippen LogP contribution in [0.2, 0.25) is 0 Å². The van der Waals surface area contributed by atoms with Crippen molar-refractivity contribution in [1.82, 2.24) is 10.6 Å². The van der Waals surface area contributed by atoms with Gasteiger partial charge in [-0.2, -0.15) is 0 Å². The van der Waals surface area contributed by atoms with E-state index in [2.05, 4.69) is 78.2 Å². The van der Waals surface area contributed by atoms with Gasteiger partial charge in [-0.1, -0.05) is 106 Å². The minimum absolute atomic E-state index is 0.0853. The first-order valence-corrected chi connectivity index (χ1v) is 17.0. The third-order valence-corrected chi connectivity index (χ3v) is 6.51. The van der Waals surface area contributed by atoms with Gasteiger partial charge in [0.15, 0.2) is 0 Å². The Kier molecular flexibility index (Phi) is 22.5. The Hall–Kier alpha value is -2.70. The molecule has 0 heterocycles. The Morgan fingerprint density at radius 2 is 0.933 bits per heavy atom. The van der Waals surface area contributed by atoms with E-state index in [9.17, 15) is 9.59 Å². The summed E-state index contributed by atoms with van der Waals surface area (Å²) in [5.41, 5.74) is 3.37. The molecular formula is C39H68N2O4. The first kappa shape index (κ1) is 44.4. The molecule has 2 aromatic rings. The molecule has 0 aliphatic carbocycles. The van der Waals surface area contributed by atoms with Gasteiger partial charge < -0.3 is 20.1 Å². The van der Waals surface area contributed by atoms with Crippen LogP contribution in [0.25, 0.3) is 0 Å². The van der Waals surface area contributed by atoms with E-state index in [4.69, 9.17) is 9.47 Å². The van der Waals surface area contributed by atoms with Crippen molar-refractivity contribution in [2.45, 2.75) is 153 Å². The molecule has 0 aliphatic rings. The lowest BCUT2D eigenvalue weighted by molar-refractivity contribution is -0.134. The monoisotopic (exact) mass is 629 g/mol. The van der Waals surface area contributed by atoms with E-state index in [0.717, 1.165) is 22.3 Å². The molecule has 6 heteroatoms. The number of aryl methyl sites for hydroxylation is 2. The molecule has 2 rings (SSSR count). The molecule has 6 nitrogen and oxygen atoms in total. The Bertz CT molecular complexity index is 1030. The number of rotatable bonds is 12. The summed E-state index contributed by atoms with van der Waals surface area (Å²) >= 11 is 0. The van der Waals surface area contributed by atoms with Crippen molar-refractivity contribution in [3.05, 3.63) is 58.7 Å². The summed E-state index contributed by atoms with van der Waals surface area (Å²) in [4.78, 5) is 25.2. The van der Waals surface area contributed by atoms with E-state index < -0.39 is 0 Å². The Morgan fingerprint density at radius 1 is 0.644 bits per heavy atom. The van der Waals surface area contributed by atoms with Gasteiger partial charge in [-0.25, -0.2) is 0 Å². The molecule has 0 spiro atoms. The van der Waals surface area contributed by atoms with E-state index in [-0.39, 0.29) is 36.1 Å². The number of esters is 2. The second-order valence-electron chi connectivity index (χ2n) is 13.4. The van der Waals surface area contributed by atoms with Crippen molar-refractivity contribution in [1.29, 1.82) is 0 Å². The largest absolute Gasteiger partial charge is 0.425 e. The maximum Gasteiger partial charge on any atom is 0.325 e. The van der Waals surface area contributed by atoms with Gasteiger partial charge in [0.05, 0.1) is 13.1 Å². The van der Waals surface area contributed by atoms with Crippen LogP contribution in [-0.2, 0) is 9.59 Å². The van der Waals surface area contributed by atoms with Crippen molar-refractivity contribution in [3.8, 4) is 11.5 Å². The fraction of sp³-hybridized carbons (Fsp3) is 0.641. The van der Waals surface area contributed by atoms with Crippen molar-refractivity contribution in [2.75, 3.05) is 13.1 Å². The Labute approximate surface area is 277 Å². The predicted octanol–water partition coefficient (Wildman–Crippen LogP) is 10.0. The van der Waals surface area contributed by atoms with Gasteiger partial charge in [0.2, 0.25) is 0 Å². The van der Waals surface area contributed by atoms with Gasteiger partial charge in [-0.3, -0.25) is 9.59 Å². The van der Waals surface area contributed by atoms with E-state index in [1.54, 1.807) is 0 Å². The minimum atomic E-state index is -0.379. The lowest BCUT2D eigenvalue weighted by Crippen LogP contribution is -2.53. The molecule has 0 unspecified atom stereocenters. The molecule has 0 bridgehead atoms. The number of nitrogens with one attached hydrogen (secondary N) is 2. The van der Waals surface area contributed by atoms with Crippen LogP contribution in [-0.4, -0.2) is 36.1 Å². The summed E-state index contributed by atoms with van der Waals surface area (Å²) in [6.07, 6.45) is 3.17. The molecule has 2 aromatic carbocycles. The third kappa shape index (κ3) is 19.4.